The first kappa shape index (κ1) is 25.6. The molecule has 1 aromatic heterocycles. The number of carbonyl (C=O) groups is 1. The van der Waals surface area contributed by atoms with Gasteiger partial charge < -0.3 is 31.6 Å². The van der Waals surface area contributed by atoms with Gasteiger partial charge in [0.15, 0.2) is 24.3 Å². The molecule has 1 amide bonds. The number of anilines is 4. The van der Waals surface area contributed by atoms with Crippen LogP contribution in [0.4, 0.5) is 23.0 Å². The molecule has 0 bridgehead atoms. The van der Waals surface area contributed by atoms with Crippen LogP contribution < -0.4 is 36.9 Å². The number of pyridine rings is 1. The van der Waals surface area contributed by atoms with Crippen molar-refractivity contribution in [2.24, 2.45) is 4.99 Å². The smallest absolute Gasteiger partial charge is 0.262 e. The molecule has 0 spiro atoms. The van der Waals surface area contributed by atoms with Crippen molar-refractivity contribution in [2.75, 3.05) is 35.3 Å². The van der Waals surface area contributed by atoms with E-state index in [1.54, 1.807) is 24.3 Å². The van der Waals surface area contributed by atoms with Crippen molar-refractivity contribution < 1.29 is 14.3 Å². The number of hydrogen-bond donors (Lipinski definition) is 5. The van der Waals surface area contributed by atoms with Crippen LogP contribution in [0.3, 0.4) is 0 Å². The molecular weight excluding hydrogens is 486 g/mol. The highest BCUT2D eigenvalue weighted by Crippen LogP contribution is 2.42. The number of ether oxygens (including phenoxy) is 2. The summed E-state index contributed by atoms with van der Waals surface area (Å²) in [6, 6.07) is 13.7. The lowest BCUT2D eigenvalue weighted by molar-refractivity contribution is -0.118. The van der Waals surface area contributed by atoms with Crippen molar-refractivity contribution in [1.29, 1.82) is 10.5 Å². The van der Waals surface area contributed by atoms with E-state index in [1.807, 2.05) is 44.3 Å². The van der Waals surface area contributed by atoms with Crippen LogP contribution in [-0.4, -0.2) is 30.1 Å². The molecule has 38 heavy (non-hydrogen) atoms. The van der Waals surface area contributed by atoms with Gasteiger partial charge >= 0.3 is 0 Å². The number of nitrogen functional groups attached to an aromatic ring is 2. The number of aryl methyl sites for hydroxylation is 1. The Balaban J connectivity index is 1.64. The molecule has 0 aliphatic carbocycles. The number of aromatic nitrogens is 1. The first-order valence-electron chi connectivity index (χ1n) is 11.6. The fraction of sp³-hybridized carbons (Fsp3) is 0.192. The minimum absolute atomic E-state index is 0.0343. The second-order valence-corrected chi connectivity index (χ2v) is 8.25. The molecule has 3 aromatic rings. The third kappa shape index (κ3) is 5.34. The third-order valence-electron chi connectivity index (χ3n) is 5.60. The van der Waals surface area contributed by atoms with Gasteiger partial charge in [0, 0.05) is 11.3 Å². The van der Waals surface area contributed by atoms with Crippen LogP contribution in [0.25, 0.3) is 0 Å². The molecule has 2 aromatic carbocycles. The van der Waals surface area contributed by atoms with Crippen molar-refractivity contribution in [1.82, 2.24) is 10.3 Å². The lowest BCUT2D eigenvalue weighted by Crippen LogP contribution is -2.32. The van der Waals surface area contributed by atoms with E-state index in [9.17, 15) is 10.1 Å². The number of carbonyl (C=O) groups excluding carboxylic acids is 1. The van der Waals surface area contributed by atoms with Crippen LogP contribution in [0, 0.1) is 29.7 Å². The van der Waals surface area contributed by atoms with Gasteiger partial charge in [-0.15, -0.1) is 0 Å². The molecule has 12 nitrogen and oxygen atoms in total. The predicted molar refractivity (Wildman–Crippen MR) is 142 cm³/mol. The van der Waals surface area contributed by atoms with E-state index in [0.717, 1.165) is 5.56 Å². The summed E-state index contributed by atoms with van der Waals surface area (Å²) in [5.74, 6) is 0.753. The molecule has 0 saturated heterocycles. The highest BCUT2D eigenvalue weighted by molar-refractivity contribution is 5.98. The molecule has 1 unspecified atom stereocenters. The molecule has 0 radical (unpaired) electrons. The largest absolute Gasteiger partial charge is 0.490 e. The molecule has 4 rings (SSSR count). The molecule has 2 heterocycles. The Morgan fingerprint density at radius 2 is 1.97 bits per heavy atom. The second kappa shape index (κ2) is 11.1. The number of nitriles is 2. The summed E-state index contributed by atoms with van der Waals surface area (Å²) in [5, 5.41) is 26.8. The molecular formula is C26H25N9O3. The Bertz CT molecular complexity index is 1510. The number of nitrogens with one attached hydrogen (secondary N) is 3. The number of nitrogens with zero attached hydrogens (tertiary/aromatic N) is 4. The molecule has 0 fully saturated rings. The zero-order chi connectivity index (χ0) is 27.2. The van der Waals surface area contributed by atoms with Crippen molar-refractivity contribution >= 4 is 34.9 Å². The van der Waals surface area contributed by atoms with Gasteiger partial charge in [0.2, 0.25) is 5.96 Å². The van der Waals surface area contributed by atoms with Crippen molar-refractivity contribution in [3.63, 3.8) is 0 Å². The van der Waals surface area contributed by atoms with E-state index in [4.69, 9.17) is 26.2 Å². The quantitative estimate of drug-likeness (QED) is 0.232. The Hall–Kier alpha value is -5.49. The molecule has 1 aliphatic rings. The highest BCUT2D eigenvalue weighted by Gasteiger charge is 2.30. The molecule has 1 aliphatic heterocycles. The van der Waals surface area contributed by atoms with Crippen LogP contribution in [0.1, 0.15) is 35.2 Å². The minimum Gasteiger partial charge on any atom is -0.490 e. The van der Waals surface area contributed by atoms with Crippen molar-refractivity contribution in [2.45, 2.75) is 19.9 Å². The van der Waals surface area contributed by atoms with Crippen LogP contribution in [0.15, 0.2) is 47.5 Å². The third-order valence-corrected chi connectivity index (χ3v) is 5.60. The number of hydrogen-bond acceptors (Lipinski definition) is 11. The highest BCUT2D eigenvalue weighted by atomic mass is 16.5. The van der Waals surface area contributed by atoms with Crippen LogP contribution in [-0.2, 0) is 4.79 Å². The van der Waals surface area contributed by atoms with Crippen LogP contribution >= 0.6 is 0 Å². The van der Waals surface area contributed by atoms with E-state index in [0.29, 0.717) is 34.9 Å². The fourth-order valence-corrected chi connectivity index (χ4v) is 3.97. The lowest BCUT2D eigenvalue weighted by Gasteiger charge is -2.26. The van der Waals surface area contributed by atoms with Crippen LogP contribution in [0.2, 0.25) is 0 Å². The van der Waals surface area contributed by atoms with Gasteiger partial charge in [-0.25, -0.2) is 9.98 Å². The average Bonchev–Trinajstić information content (AvgIpc) is 2.88. The standard InChI is InChI=1S/C26H25N9O3/c1-3-37-19-10-15(7-8-18(19)38-12-20(36)32-16-6-4-5-14(2)9-16)23-21-22(29)17(11-27)24(30)34-25(21)35-26(33-23)31-13-28/h4-10,23H,3,12H2,1-2H3,(H,32,36)(H6,29,30,31,33,34,35). The topological polar surface area (TPSA) is 196 Å². The number of guanidine groups is 1. The Kier molecular flexibility index (Phi) is 7.45. The van der Waals surface area contributed by atoms with Gasteiger partial charge in [-0.05, 0) is 49.2 Å². The number of aliphatic imine (C=N–C) groups is 1. The van der Waals surface area contributed by atoms with Gasteiger partial charge in [0.25, 0.3) is 5.91 Å². The Morgan fingerprint density at radius 1 is 1.16 bits per heavy atom. The van der Waals surface area contributed by atoms with Gasteiger partial charge in [-0.2, -0.15) is 10.5 Å². The summed E-state index contributed by atoms with van der Waals surface area (Å²) >= 11 is 0. The number of fused-ring (bicyclic) bond motifs is 1. The summed E-state index contributed by atoms with van der Waals surface area (Å²) in [6.45, 7) is 3.85. The maximum atomic E-state index is 12.4. The summed E-state index contributed by atoms with van der Waals surface area (Å²) in [5.41, 5.74) is 15.1. The van der Waals surface area contributed by atoms with E-state index in [2.05, 4.69) is 25.9 Å². The molecule has 192 valence electrons. The number of amides is 1. The average molecular weight is 512 g/mol. The summed E-state index contributed by atoms with van der Waals surface area (Å²) in [4.78, 5) is 21.2. The molecule has 7 N–H and O–H groups in total. The van der Waals surface area contributed by atoms with Crippen LogP contribution in [0.5, 0.6) is 11.5 Å². The summed E-state index contributed by atoms with van der Waals surface area (Å²) in [7, 11) is 0. The van der Waals surface area contributed by atoms with Gasteiger partial charge in [-0.3, -0.25) is 10.1 Å². The number of nitrogens with two attached hydrogens (primary N) is 2. The van der Waals surface area contributed by atoms with E-state index in [-0.39, 0.29) is 41.4 Å². The van der Waals surface area contributed by atoms with E-state index < -0.39 is 6.04 Å². The maximum Gasteiger partial charge on any atom is 0.262 e. The van der Waals surface area contributed by atoms with Gasteiger partial charge in [0.05, 0.1) is 12.3 Å². The van der Waals surface area contributed by atoms with Crippen molar-refractivity contribution in [3.8, 4) is 23.8 Å². The maximum absolute atomic E-state index is 12.4. The first-order chi connectivity index (χ1) is 18.3. The van der Waals surface area contributed by atoms with Gasteiger partial charge in [-0.1, -0.05) is 18.2 Å². The zero-order valence-corrected chi connectivity index (χ0v) is 20.7. The Labute approximate surface area is 218 Å². The lowest BCUT2D eigenvalue weighted by atomic mass is 9.95. The monoisotopic (exact) mass is 511 g/mol. The normalized spacial score (nSPS) is 13.6. The molecule has 0 saturated carbocycles. The first-order valence-corrected chi connectivity index (χ1v) is 11.6. The van der Waals surface area contributed by atoms with Gasteiger partial charge in [0.1, 0.15) is 29.3 Å². The van der Waals surface area contributed by atoms with E-state index >= 15 is 0 Å². The Morgan fingerprint density at radius 3 is 2.68 bits per heavy atom. The molecule has 1 atom stereocenters. The number of rotatable bonds is 7. The zero-order valence-electron chi connectivity index (χ0n) is 20.7. The SMILES string of the molecule is CCOc1cc(C2N=C(NC#N)Nc3nc(N)c(C#N)c(N)c32)ccc1OCC(=O)Nc1cccc(C)c1. The van der Waals surface area contributed by atoms with Crippen molar-refractivity contribution in [3.05, 3.63) is 64.7 Å². The fourth-order valence-electron chi connectivity index (χ4n) is 3.97. The second-order valence-electron chi connectivity index (χ2n) is 8.25. The minimum atomic E-state index is -0.750. The summed E-state index contributed by atoms with van der Waals surface area (Å²) in [6.07, 6.45) is 1.81. The predicted octanol–water partition coefficient (Wildman–Crippen LogP) is 2.78. The van der Waals surface area contributed by atoms with E-state index in [1.165, 1.54) is 0 Å². The number of benzene rings is 2. The molecule has 12 heteroatoms. The summed E-state index contributed by atoms with van der Waals surface area (Å²) < 4.78 is 11.5.